The van der Waals surface area contributed by atoms with E-state index in [1.807, 2.05) is 7.05 Å². The van der Waals surface area contributed by atoms with Crippen LogP contribution < -0.4 is 10.6 Å². The van der Waals surface area contributed by atoms with Crippen LogP contribution in [0.5, 0.6) is 0 Å². The highest BCUT2D eigenvalue weighted by molar-refractivity contribution is 5.86. The smallest absolute Gasteiger partial charge is 0.326 e. The number of carbonyl (C=O) groups excluding carboxylic acids is 1. The Morgan fingerprint density at radius 3 is 2.42 bits per heavy atom. The van der Waals surface area contributed by atoms with Gasteiger partial charge in [-0.3, -0.25) is 4.79 Å². The summed E-state index contributed by atoms with van der Waals surface area (Å²) in [7, 11) is 1.96. The molecule has 0 aromatic heterocycles. The minimum atomic E-state index is -1.42. The predicted octanol–water partition coefficient (Wildman–Crippen LogP) is -0.692. The molecule has 8 nitrogen and oxygen atoms in total. The van der Waals surface area contributed by atoms with Gasteiger partial charge in [-0.1, -0.05) is 0 Å². The van der Waals surface area contributed by atoms with Gasteiger partial charge >= 0.3 is 18.0 Å². The molecule has 2 amide bonds. The number of carbonyl (C=O) groups is 3. The van der Waals surface area contributed by atoms with E-state index >= 15 is 0 Å². The summed E-state index contributed by atoms with van der Waals surface area (Å²) >= 11 is 0. The Bertz CT molecular complexity index is 356. The van der Waals surface area contributed by atoms with Crippen LogP contribution in [-0.4, -0.2) is 65.3 Å². The fourth-order valence-electron chi connectivity index (χ4n) is 1.63. The second-order valence-corrected chi connectivity index (χ2v) is 4.60. The number of nitrogens with zero attached hydrogens (tertiary/aromatic N) is 1. The fraction of sp³-hybridized carbons (Fsp3) is 0.727. The maximum atomic E-state index is 11.4. The van der Waals surface area contributed by atoms with Gasteiger partial charge in [-0.25, -0.2) is 9.59 Å². The minimum absolute atomic E-state index is 0.387. The summed E-state index contributed by atoms with van der Waals surface area (Å²) in [5, 5.41) is 21.9. The largest absolute Gasteiger partial charge is 0.481 e. The Morgan fingerprint density at radius 1 is 1.32 bits per heavy atom. The summed E-state index contributed by atoms with van der Waals surface area (Å²) in [6.07, 6.45) is 1.69. The number of nitrogens with one attached hydrogen (secondary N) is 2. The van der Waals surface area contributed by atoms with Crippen molar-refractivity contribution in [2.75, 3.05) is 20.1 Å². The van der Waals surface area contributed by atoms with Gasteiger partial charge in [0.15, 0.2) is 0 Å². The van der Waals surface area contributed by atoms with E-state index in [-0.39, 0.29) is 0 Å². The Balaban J connectivity index is 2.23. The Labute approximate surface area is 110 Å². The monoisotopic (exact) mass is 273 g/mol. The van der Waals surface area contributed by atoms with E-state index in [0.717, 1.165) is 0 Å². The van der Waals surface area contributed by atoms with Crippen molar-refractivity contribution < 1.29 is 24.6 Å². The van der Waals surface area contributed by atoms with Gasteiger partial charge in [-0.2, -0.15) is 0 Å². The molecule has 0 spiro atoms. The second-order valence-electron chi connectivity index (χ2n) is 4.60. The summed E-state index contributed by atoms with van der Waals surface area (Å²) in [6.45, 7) is 1.06. The molecule has 1 rings (SSSR count). The van der Waals surface area contributed by atoms with Crippen LogP contribution in [-0.2, 0) is 9.59 Å². The van der Waals surface area contributed by atoms with Gasteiger partial charge in [-0.05, 0) is 19.9 Å². The molecule has 8 heteroatoms. The highest BCUT2D eigenvalue weighted by Crippen LogP contribution is 2.24. The molecule has 0 aromatic rings. The topological polar surface area (TPSA) is 119 Å². The molecule has 4 N–H and O–H groups in total. The van der Waals surface area contributed by atoms with E-state index in [0.29, 0.717) is 19.1 Å². The average Bonchev–Trinajstić information content (AvgIpc) is 3.10. The van der Waals surface area contributed by atoms with Crippen LogP contribution in [0.1, 0.15) is 19.3 Å². The van der Waals surface area contributed by atoms with Crippen LogP contribution in [0.4, 0.5) is 4.79 Å². The molecule has 0 heterocycles. The van der Waals surface area contributed by atoms with E-state index in [1.165, 1.54) is 12.8 Å². The number of carboxylic acid groups (broad SMARTS) is 2. The normalized spacial score (nSPS) is 15.9. The third kappa shape index (κ3) is 6.05. The predicted molar refractivity (Wildman–Crippen MR) is 65.9 cm³/mol. The summed E-state index contributed by atoms with van der Waals surface area (Å²) in [6, 6.07) is -1.50. The molecule has 108 valence electrons. The molecule has 0 radical (unpaired) electrons. The van der Waals surface area contributed by atoms with E-state index < -0.39 is 30.4 Å². The first-order valence-corrected chi connectivity index (χ1v) is 6.09. The van der Waals surface area contributed by atoms with E-state index in [9.17, 15) is 14.4 Å². The van der Waals surface area contributed by atoms with Crippen LogP contribution in [0.3, 0.4) is 0 Å². The van der Waals surface area contributed by atoms with Crippen molar-refractivity contribution in [3.05, 3.63) is 0 Å². The number of urea groups is 1. The zero-order valence-electron chi connectivity index (χ0n) is 10.8. The summed E-state index contributed by atoms with van der Waals surface area (Å²) in [5.74, 6) is -2.64. The number of rotatable bonds is 8. The van der Waals surface area contributed by atoms with Gasteiger partial charge in [0.05, 0.1) is 6.42 Å². The quantitative estimate of drug-likeness (QED) is 0.464. The van der Waals surface area contributed by atoms with Crippen LogP contribution in [0.15, 0.2) is 0 Å². The third-order valence-electron chi connectivity index (χ3n) is 2.90. The molecule has 0 unspecified atom stereocenters. The number of amides is 2. The molecule has 0 aliphatic heterocycles. The first-order valence-electron chi connectivity index (χ1n) is 6.09. The van der Waals surface area contributed by atoms with Crippen molar-refractivity contribution in [1.29, 1.82) is 0 Å². The molecule has 0 saturated heterocycles. The lowest BCUT2D eigenvalue weighted by Gasteiger charge is -2.17. The first kappa shape index (κ1) is 15.2. The van der Waals surface area contributed by atoms with Crippen molar-refractivity contribution in [2.45, 2.75) is 31.3 Å². The van der Waals surface area contributed by atoms with Crippen molar-refractivity contribution >= 4 is 18.0 Å². The van der Waals surface area contributed by atoms with E-state index in [4.69, 9.17) is 10.2 Å². The summed E-state index contributed by atoms with van der Waals surface area (Å²) in [4.78, 5) is 34.7. The SMILES string of the molecule is CN(CCNC(=O)N[C@@H](CC(=O)O)C(=O)O)C1CC1. The minimum Gasteiger partial charge on any atom is -0.481 e. The number of carboxylic acids is 2. The van der Waals surface area contributed by atoms with Gasteiger partial charge in [0.1, 0.15) is 6.04 Å². The third-order valence-corrected chi connectivity index (χ3v) is 2.90. The van der Waals surface area contributed by atoms with Crippen molar-refractivity contribution in [2.24, 2.45) is 0 Å². The summed E-state index contributed by atoms with van der Waals surface area (Å²) in [5.41, 5.74) is 0. The maximum absolute atomic E-state index is 11.4. The molecule has 0 aromatic carbocycles. The number of likely N-dealkylation sites (N-methyl/N-ethyl adjacent to an activating group) is 1. The molecule has 1 aliphatic carbocycles. The molecule has 1 saturated carbocycles. The highest BCUT2D eigenvalue weighted by Gasteiger charge is 2.26. The number of hydrogen-bond acceptors (Lipinski definition) is 4. The number of hydrogen-bond donors (Lipinski definition) is 4. The summed E-state index contributed by atoms with van der Waals surface area (Å²) < 4.78 is 0. The lowest BCUT2D eigenvalue weighted by Crippen LogP contribution is -2.48. The molecule has 0 bridgehead atoms. The van der Waals surface area contributed by atoms with E-state index in [1.54, 1.807) is 0 Å². The van der Waals surface area contributed by atoms with Gasteiger partial charge < -0.3 is 25.7 Å². The maximum Gasteiger partial charge on any atom is 0.326 e. The van der Waals surface area contributed by atoms with Crippen LogP contribution in [0.25, 0.3) is 0 Å². The highest BCUT2D eigenvalue weighted by atomic mass is 16.4. The van der Waals surface area contributed by atoms with Gasteiger partial charge in [0.25, 0.3) is 0 Å². The van der Waals surface area contributed by atoms with Gasteiger partial charge in [-0.15, -0.1) is 0 Å². The molecule has 1 atom stereocenters. The molecule has 1 fully saturated rings. The molecule has 1 aliphatic rings. The lowest BCUT2D eigenvalue weighted by atomic mass is 10.2. The molecule has 19 heavy (non-hydrogen) atoms. The zero-order chi connectivity index (χ0) is 14.4. The second kappa shape index (κ2) is 6.93. The Kier molecular flexibility index (Phi) is 5.56. The van der Waals surface area contributed by atoms with Crippen molar-refractivity contribution in [1.82, 2.24) is 15.5 Å². The standard InChI is InChI=1S/C11H19N3O5/c1-14(7-2-3-7)5-4-12-11(19)13-8(10(17)18)6-9(15)16/h7-8H,2-6H2,1H3,(H,15,16)(H,17,18)(H2,12,13,19)/t8-/m0/s1. The Hall–Kier alpha value is -1.83. The Morgan fingerprint density at radius 2 is 1.95 bits per heavy atom. The van der Waals surface area contributed by atoms with Crippen LogP contribution in [0, 0.1) is 0 Å². The van der Waals surface area contributed by atoms with Crippen LogP contribution in [0.2, 0.25) is 0 Å². The lowest BCUT2D eigenvalue weighted by molar-refractivity contribution is -0.145. The van der Waals surface area contributed by atoms with Crippen molar-refractivity contribution in [3.8, 4) is 0 Å². The van der Waals surface area contributed by atoms with Gasteiger partial charge in [0, 0.05) is 19.1 Å². The fourth-order valence-corrected chi connectivity index (χ4v) is 1.63. The first-order chi connectivity index (χ1) is 8.90. The van der Waals surface area contributed by atoms with E-state index in [2.05, 4.69) is 15.5 Å². The average molecular weight is 273 g/mol. The van der Waals surface area contributed by atoms with Crippen molar-refractivity contribution in [3.63, 3.8) is 0 Å². The van der Waals surface area contributed by atoms with Crippen LogP contribution >= 0.6 is 0 Å². The zero-order valence-corrected chi connectivity index (χ0v) is 10.8. The van der Waals surface area contributed by atoms with Gasteiger partial charge in [0.2, 0.25) is 0 Å². The molecular formula is C11H19N3O5. The molecular weight excluding hydrogens is 254 g/mol. The number of aliphatic carboxylic acids is 2.